The lowest BCUT2D eigenvalue weighted by Crippen LogP contribution is -2.49. The number of amides is 2. The van der Waals surface area contributed by atoms with E-state index in [1.165, 1.54) is 0 Å². The van der Waals surface area contributed by atoms with E-state index in [0.717, 1.165) is 24.8 Å². The Bertz CT molecular complexity index is 639. The smallest absolute Gasteiger partial charge is 0.246 e. The SMILES string of the molecule is Cc1nc(N)c(CCC2CCN(C(=O)[C@H](C)NC(=O)CO)CC2)c(Cl)n1. The molecule has 0 radical (unpaired) electrons. The topological polar surface area (TPSA) is 121 Å². The summed E-state index contributed by atoms with van der Waals surface area (Å²) in [5, 5.41) is 11.6. The first-order valence-corrected chi connectivity index (χ1v) is 9.17. The van der Waals surface area contributed by atoms with Gasteiger partial charge in [0.25, 0.3) is 0 Å². The summed E-state index contributed by atoms with van der Waals surface area (Å²) in [5.74, 6) is 0.798. The molecule has 1 aliphatic rings. The zero-order chi connectivity index (χ0) is 19.3. The number of likely N-dealkylation sites (tertiary alicyclic amines) is 1. The number of carbonyl (C=O) groups is 2. The van der Waals surface area contributed by atoms with Gasteiger partial charge >= 0.3 is 0 Å². The summed E-state index contributed by atoms with van der Waals surface area (Å²) in [7, 11) is 0. The maximum absolute atomic E-state index is 12.3. The average molecular weight is 384 g/mol. The minimum atomic E-state index is -0.630. The number of nitrogens with zero attached hydrogens (tertiary/aromatic N) is 3. The summed E-state index contributed by atoms with van der Waals surface area (Å²) in [6, 6.07) is -0.630. The van der Waals surface area contributed by atoms with Crippen molar-refractivity contribution in [3.63, 3.8) is 0 Å². The lowest BCUT2D eigenvalue weighted by atomic mass is 9.90. The summed E-state index contributed by atoms with van der Waals surface area (Å²) in [5.41, 5.74) is 6.73. The van der Waals surface area contributed by atoms with Crippen LogP contribution in [0.2, 0.25) is 5.15 Å². The van der Waals surface area contributed by atoms with E-state index in [0.29, 0.717) is 42.2 Å². The third kappa shape index (κ3) is 5.28. The van der Waals surface area contributed by atoms with E-state index in [9.17, 15) is 9.59 Å². The Labute approximate surface area is 158 Å². The summed E-state index contributed by atoms with van der Waals surface area (Å²) in [6.45, 7) is 4.06. The van der Waals surface area contributed by atoms with Gasteiger partial charge in [0.05, 0.1) is 0 Å². The van der Waals surface area contributed by atoms with Crippen LogP contribution in [0.4, 0.5) is 5.82 Å². The third-order valence-electron chi connectivity index (χ3n) is 4.72. The highest BCUT2D eigenvalue weighted by Crippen LogP contribution is 2.26. The highest BCUT2D eigenvalue weighted by atomic mass is 35.5. The summed E-state index contributed by atoms with van der Waals surface area (Å²) >= 11 is 6.17. The molecule has 1 saturated heterocycles. The van der Waals surface area contributed by atoms with Crippen LogP contribution in [0.15, 0.2) is 0 Å². The number of aliphatic hydroxyl groups is 1. The number of nitrogen functional groups attached to an aromatic ring is 1. The molecule has 144 valence electrons. The molecule has 1 atom stereocenters. The van der Waals surface area contributed by atoms with E-state index in [-0.39, 0.29) is 5.91 Å². The molecule has 0 spiro atoms. The minimum absolute atomic E-state index is 0.121. The Morgan fingerprint density at radius 2 is 2.04 bits per heavy atom. The molecule has 2 heterocycles. The van der Waals surface area contributed by atoms with Gasteiger partial charge in [0.1, 0.15) is 29.4 Å². The van der Waals surface area contributed by atoms with E-state index in [2.05, 4.69) is 15.3 Å². The third-order valence-corrected chi connectivity index (χ3v) is 5.03. The first-order valence-electron chi connectivity index (χ1n) is 8.79. The molecule has 0 saturated carbocycles. The van der Waals surface area contributed by atoms with Crippen LogP contribution in [-0.4, -0.2) is 57.5 Å². The predicted molar refractivity (Wildman–Crippen MR) is 98.5 cm³/mol. The van der Waals surface area contributed by atoms with Gasteiger partial charge in [0.2, 0.25) is 11.8 Å². The fraction of sp³-hybridized carbons (Fsp3) is 0.647. The molecule has 9 heteroatoms. The number of anilines is 1. The van der Waals surface area contributed by atoms with E-state index in [1.54, 1.807) is 18.7 Å². The van der Waals surface area contributed by atoms with E-state index < -0.39 is 18.6 Å². The second-order valence-corrected chi connectivity index (χ2v) is 7.04. The average Bonchev–Trinajstić information content (AvgIpc) is 2.60. The van der Waals surface area contributed by atoms with Crippen LogP contribution in [0.3, 0.4) is 0 Å². The van der Waals surface area contributed by atoms with Crippen molar-refractivity contribution in [3.05, 3.63) is 16.5 Å². The number of hydrogen-bond acceptors (Lipinski definition) is 6. The molecule has 1 aromatic heterocycles. The molecule has 1 aromatic rings. The van der Waals surface area contributed by atoms with Crippen molar-refractivity contribution in [2.75, 3.05) is 25.4 Å². The van der Waals surface area contributed by atoms with Crippen molar-refractivity contribution in [1.29, 1.82) is 0 Å². The second kappa shape index (κ2) is 9.14. The van der Waals surface area contributed by atoms with E-state index >= 15 is 0 Å². The largest absolute Gasteiger partial charge is 0.387 e. The van der Waals surface area contributed by atoms with Crippen molar-refractivity contribution >= 4 is 29.2 Å². The first-order chi connectivity index (χ1) is 12.3. The van der Waals surface area contributed by atoms with Crippen molar-refractivity contribution in [2.24, 2.45) is 5.92 Å². The molecule has 1 aliphatic heterocycles. The van der Waals surface area contributed by atoms with Gasteiger partial charge in [-0.2, -0.15) is 0 Å². The first kappa shape index (κ1) is 20.4. The van der Waals surface area contributed by atoms with Gasteiger partial charge in [0, 0.05) is 18.7 Å². The molecule has 2 rings (SSSR count). The standard InChI is InChI=1S/C17H26ClN5O3/c1-10(20-14(25)9-24)17(26)23-7-5-12(6-8-23)3-4-13-15(18)21-11(2)22-16(13)19/h10,12,24H,3-9H2,1-2H3,(H,20,25)(H2,19,21,22)/t10-/m0/s1. The summed E-state index contributed by atoms with van der Waals surface area (Å²) in [6.07, 6.45) is 3.40. The number of carbonyl (C=O) groups excluding carboxylic acids is 2. The maximum Gasteiger partial charge on any atom is 0.246 e. The van der Waals surface area contributed by atoms with Crippen molar-refractivity contribution in [3.8, 4) is 0 Å². The molecule has 8 nitrogen and oxygen atoms in total. The lowest BCUT2D eigenvalue weighted by molar-refractivity contribution is -0.137. The Morgan fingerprint density at radius 1 is 1.38 bits per heavy atom. The highest BCUT2D eigenvalue weighted by Gasteiger charge is 2.27. The molecular formula is C17H26ClN5O3. The second-order valence-electron chi connectivity index (χ2n) is 6.68. The fourth-order valence-electron chi connectivity index (χ4n) is 3.23. The van der Waals surface area contributed by atoms with Crippen LogP contribution in [0.25, 0.3) is 0 Å². The van der Waals surface area contributed by atoms with Crippen molar-refractivity contribution in [2.45, 2.75) is 45.6 Å². The van der Waals surface area contributed by atoms with Gasteiger partial charge in [-0.1, -0.05) is 11.6 Å². The van der Waals surface area contributed by atoms with Gasteiger partial charge in [-0.05, 0) is 45.4 Å². The summed E-state index contributed by atoms with van der Waals surface area (Å²) in [4.78, 5) is 33.6. The Kier molecular flexibility index (Phi) is 7.16. The predicted octanol–water partition coefficient (Wildman–Crippen LogP) is 0.689. The van der Waals surface area contributed by atoms with Crippen molar-refractivity contribution < 1.29 is 14.7 Å². The molecule has 2 amide bonds. The van der Waals surface area contributed by atoms with Crippen LogP contribution in [0, 0.1) is 12.8 Å². The molecule has 0 aliphatic carbocycles. The Morgan fingerprint density at radius 3 is 2.62 bits per heavy atom. The van der Waals surface area contributed by atoms with Crippen LogP contribution < -0.4 is 11.1 Å². The highest BCUT2D eigenvalue weighted by molar-refractivity contribution is 6.30. The fourth-order valence-corrected chi connectivity index (χ4v) is 3.54. The number of nitrogens with two attached hydrogens (primary N) is 1. The zero-order valence-corrected chi connectivity index (χ0v) is 15.9. The number of aliphatic hydroxyl groups excluding tert-OH is 1. The number of halogens is 1. The normalized spacial score (nSPS) is 16.4. The van der Waals surface area contributed by atoms with Crippen LogP contribution in [-0.2, 0) is 16.0 Å². The number of piperidine rings is 1. The van der Waals surface area contributed by atoms with Crippen LogP contribution >= 0.6 is 11.6 Å². The molecule has 0 bridgehead atoms. The number of aryl methyl sites for hydroxylation is 1. The van der Waals surface area contributed by atoms with Crippen LogP contribution in [0.1, 0.15) is 37.6 Å². The molecule has 0 unspecified atom stereocenters. The summed E-state index contributed by atoms with van der Waals surface area (Å²) < 4.78 is 0. The van der Waals surface area contributed by atoms with Gasteiger partial charge in [-0.25, -0.2) is 9.97 Å². The van der Waals surface area contributed by atoms with Gasteiger partial charge in [-0.3, -0.25) is 9.59 Å². The number of rotatable bonds is 6. The van der Waals surface area contributed by atoms with Gasteiger partial charge in [-0.15, -0.1) is 0 Å². The quantitative estimate of drug-likeness (QED) is 0.621. The Hall–Kier alpha value is -1.93. The Balaban J connectivity index is 1.82. The molecular weight excluding hydrogens is 358 g/mol. The number of nitrogens with one attached hydrogen (secondary N) is 1. The van der Waals surface area contributed by atoms with E-state index in [1.807, 2.05) is 0 Å². The molecule has 26 heavy (non-hydrogen) atoms. The van der Waals surface area contributed by atoms with Gasteiger partial charge < -0.3 is 21.1 Å². The molecule has 0 aromatic carbocycles. The van der Waals surface area contributed by atoms with E-state index in [4.69, 9.17) is 22.4 Å². The minimum Gasteiger partial charge on any atom is -0.387 e. The maximum atomic E-state index is 12.3. The monoisotopic (exact) mass is 383 g/mol. The van der Waals surface area contributed by atoms with Crippen molar-refractivity contribution in [1.82, 2.24) is 20.2 Å². The number of aromatic nitrogens is 2. The van der Waals surface area contributed by atoms with Gasteiger partial charge in [0.15, 0.2) is 0 Å². The zero-order valence-electron chi connectivity index (χ0n) is 15.2. The number of hydrogen-bond donors (Lipinski definition) is 3. The lowest BCUT2D eigenvalue weighted by Gasteiger charge is -2.33. The molecule has 4 N–H and O–H groups in total. The van der Waals surface area contributed by atoms with Crippen LogP contribution in [0.5, 0.6) is 0 Å². The molecule has 1 fully saturated rings.